The van der Waals surface area contributed by atoms with Crippen molar-refractivity contribution in [2.75, 3.05) is 0 Å². The van der Waals surface area contributed by atoms with Crippen molar-refractivity contribution in [2.24, 2.45) is 17.8 Å². The first-order valence-electron chi connectivity index (χ1n) is 7.71. The fraction of sp³-hybridized carbons (Fsp3) is 0.625. The molecule has 2 fully saturated rings. The molecule has 0 aromatic heterocycles. The van der Waals surface area contributed by atoms with Gasteiger partial charge in [0.15, 0.2) is 0 Å². The number of rotatable bonds is 5. The maximum absolute atomic E-state index is 10.7. The molecule has 2 bridgehead atoms. The summed E-state index contributed by atoms with van der Waals surface area (Å²) in [4.78, 5) is 10.3. The van der Waals surface area contributed by atoms with Crippen LogP contribution in [0.3, 0.4) is 0 Å². The van der Waals surface area contributed by atoms with Crippen molar-refractivity contribution in [3.8, 4) is 0 Å². The number of nitro groups is 1. The van der Waals surface area contributed by atoms with Crippen LogP contribution in [0.15, 0.2) is 18.2 Å². The van der Waals surface area contributed by atoms with Crippen molar-refractivity contribution >= 4 is 17.3 Å². The molecule has 1 aromatic carbocycles. The molecule has 0 aliphatic heterocycles. The lowest BCUT2D eigenvalue weighted by atomic mass is 9.84. The lowest BCUT2D eigenvalue weighted by molar-refractivity contribution is -0.384. The van der Waals surface area contributed by atoms with Crippen LogP contribution in [0, 0.1) is 27.9 Å². The fourth-order valence-corrected chi connectivity index (χ4v) is 4.36. The van der Waals surface area contributed by atoms with E-state index in [-0.39, 0.29) is 5.69 Å². The summed E-state index contributed by atoms with van der Waals surface area (Å²) in [5, 5.41) is 14.7. The number of halogens is 1. The third-order valence-electron chi connectivity index (χ3n) is 5.30. The van der Waals surface area contributed by atoms with E-state index >= 15 is 0 Å². The second kappa shape index (κ2) is 5.93. The van der Waals surface area contributed by atoms with Crippen LogP contribution >= 0.6 is 11.6 Å². The van der Waals surface area contributed by atoms with Gasteiger partial charge in [0.25, 0.3) is 5.69 Å². The van der Waals surface area contributed by atoms with E-state index < -0.39 is 4.92 Å². The summed E-state index contributed by atoms with van der Waals surface area (Å²) in [6.45, 7) is 2.93. The number of benzene rings is 1. The Morgan fingerprint density at radius 2 is 2.24 bits per heavy atom. The summed E-state index contributed by atoms with van der Waals surface area (Å²) in [5.74, 6) is 2.62. The molecule has 21 heavy (non-hydrogen) atoms. The molecule has 4 nitrogen and oxygen atoms in total. The third-order valence-corrected chi connectivity index (χ3v) is 5.65. The van der Waals surface area contributed by atoms with Crippen LogP contribution in [0.5, 0.6) is 0 Å². The lowest BCUT2D eigenvalue weighted by Crippen LogP contribution is -2.35. The Hall–Kier alpha value is -1.13. The summed E-state index contributed by atoms with van der Waals surface area (Å²) in [5.41, 5.74) is 0.974. The second-order valence-electron chi connectivity index (χ2n) is 6.54. The van der Waals surface area contributed by atoms with E-state index in [1.807, 2.05) is 0 Å². The van der Waals surface area contributed by atoms with E-state index in [1.165, 1.54) is 37.8 Å². The summed E-state index contributed by atoms with van der Waals surface area (Å²) in [6.07, 6.45) is 5.57. The fourth-order valence-electron chi connectivity index (χ4n) is 4.12. The summed E-state index contributed by atoms with van der Waals surface area (Å²) < 4.78 is 0. The molecule has 0 heterocycles. The molecule has 5 heteroatoms. The van der Waals surface area contributed by atoms with Gasteiger partial charge < -0.3 is 5.32 Å². The van der Waals surface area contributed by atoms with Crippen LogP contribution in [0.4, 0.5) is 5.69 Å². The van der Waals surface area contributed by atoms with Crippen molar-refractivity contribution in [1.82, 2.24) is 5.32 Å². The average Bonchev–Trinajstić information content (AvgIpc) is 3.08. The molecule has 3 rings (SSSR count). The summed E-state index contributed by atoms with van der Waals surface area (Å²) in [7, 11) is 0. The van der Waals surface area contributed by atoms with Gasteiger partial charge in [-0.25, -0.2) is 0 Å². The highest BCUT2D eigenvalue weighted by Crippen LogP contribution is 2.49. The zero-order chi connectivity index (χ0) is 15.0. The Bertz CT molecular complexity index is 549. The van der Waals surface area contributed by atoms with Crippen LogP contribution in [0.2, 0.25) is 5.02 Å². The van der Waals surface area contributed by atoms with Gasteiger partial charge in [-0.1, -0.05) is 18.0 Å². The number of nitrogens with one attached hydrogen (secondary N) is 1. The highest BCUT2D eigenvalue weighted by atomic mass is 35.5. The molecule has 114 valence electrons. The smallest absolute Gasteiger partial charge is 0.270 e. The minimum atomic E-state index is -0.416. The molecule has 0 amide bonds. The van der Waals surface area contributed by atoms with Gasteiger partial charge in [-0.3, -0.25) is 10.1 Å². The van der Waals surface area contributed by atoms with Crippen LogP contribution in [0.1, 0.15) is 38.2 Å². The molecule has 0 saturated heterocycles. The van der Waals surface area contributed by atoms with E-state index in [9.17, 15) is 10.1 Å². The largest absolute Gasteiger partial charge is 0.310 e. The van der Waals surface area contributed by atoms with Crippen LogP contribution < -0.4 is 5.32 Å². The molecule has 4 unspecified atom stereocenters. The Morgan fingerprint density at radius 1 is 1.43 bits per heavy atom. The van der Waals surface area contributed by atoms with E-state index in [0.717, 1.165) is 23.3 Å². The van der Waals surface area contributed by atoms with Crippen LogP contribution in [-0.2, 0) is 6.54 Å². The molecule has 2 saturated carbocycles. The third kappa shape index (κ3) is 3.06. The average molecular weight is 309 g/mol. The van der Waals surface area contributed by atoms with Gasteiger partial charge >= 0.3 is 0 Å². The summed E-state index contributed by atoms with van der Waals surface area (Å²) >= 11 is 6.14. The predicted molar refractivity (Wildman–Crippen MR) is 83.3 cm³/mol. The zero-order valence-corrected chi connectivity index (χ0v) is 13.0. The summed E-state index contributed by atoms with van der Waals surface area (Å²) in [6, 6.07) is 5.18. The number of hydrogen-bond donors (Lipinski definition) is 1. The molecule has 4 atom stereocenters. The topological polar surface area (TPSA) is 55.2 Å². The van der Waals surface area contributed by atoms with Gasteiger partial charge in [0.2, 0.25) is 0 Å². The number of nitrogens with zero attached hydrogens (tertiary/aromatic N) is 1. The van der Waals surface area contributed by atoms with Crippen LogP contribution in [-0.4, -0.2) is 11.0 Å². The van der Waals surface area contributed by atoms with E-state index in [2.05, 4.69) is 12.2 Å². The molecule has 2 aliphatic carbocycles. The molecular weight excluding hydrogens is 288 g/mol. The second-order valence-corrected chi connectivity index (χ2v) is 6.95. The number of non-ortho nitro benzene ring substituents is 1. The first-order chi connectivity index (χ1) is 10.0. The van der Waals surface area contributed by atoms with E-state index in [1.54, 1.807) is 6.07 Å². The normalized spacial score (nSPS) is 28.8. The number of nitro benzene ring substituents is 1. The first kappa shape index (κ1) is 14.8. The molecule has 1 N–H and O–H groups in total. The maximum Gasteiger partial charge on any atom is 0.270 e. The molecule has 1 aromatic rings. The Labute approximate surface area is 130 Å². The van der Waals surface area contributed by atoms with Crippen molar-refractivity contribution in [2.45, 2.75) is 45.2 Å². The Morgan fingerprint density at radius 3 is 2.81 bits per heavy atom. The predicted octanol–water partition coefficient (Wildman–Crippen LogP) is 4.16. The molecule has 2 aliphatic rings. The van der Waals surface area contributed by atoms with Crippen molar-refractivity contribution in [3.63, 3.8) is 0 Å². The minimum Gasteiger partial charge on any atom is -0.310 e. The number of hydrogen-bond acceptors (Lipinski definition) is 3. The molecular formula is C16H21ClN2O2. The SMILES string of the molecule is CC(NCc1ccc([N+](=O)[O-])cc1Cl)C1CC2CCC1C2. The van der Waals surface area contributed by atoms with Gasteiger partial charge in [0, 0.05) is 24.7 Å². The van der Waals surface area contributed by atoms with Crippen molar-refractivity contribution < 1.29 is 4.92 Å². The van der Waals surface area contributed by atoms with Gasteiger partial charge in [0.05, 0.1) is 9.95 Å². The standard InChI is InChI=1S/C16H21ClN2O2/c1-10(15-7-11-2-3-12(15)6-11)18-9-13-4-5-14(19(20)21)8-16(13)17/h4-5,8,10-12,15,18H,2-3,6-7,9H2,1H3. The quantitative estimate of drug-likeness (QED) is 0.656. The monoisotopic (exact) mass is 308 g/mol. The Balaban J connectivity index is 1.58. The van der Waals surface area contributed by atoms with E-state index in [0.29, 0.717) is 17.6 Å². The van der Waals surface area contributed by atoms with Crippen molar-refractivity contribution in [3.05, 3.63) is 38.9 Å². The number of fused-ring (bicyclic) bond motifs is 2. The minimum absolute atomic E-state index is 0.0462. The highest BCUT2D eigenvalue weighted by molar-refractivity contribution is 6.31. The van der Waals surface area contributed by atoms with Gasteiger partial charge in [-0.05, 0) is 55.6 Å². The molecule has 0 spiro atoms. The van der Waals surface area contributed by atoms with Gasteiger partial charge in [-0.15, -0.1) is 0 Å². The maximum atomic E-state index is 10.7. The van der Waals surface area contributed by atoms with Crippen molar-refractivity contribution in [1.29, 1.82) is 0 Å². The lowest BCUT2D eigenvalue weighted by Gasteiger charge is -2.28. The first-order valence-corrected chi connectivity index (χ1v) is 8.08. The van der Waals surface area contributed by atoms with Gasteiger partial charge in [0.1, 0.15) is 0 Å². The van der Waals surface area contributed by atoms with Gasteiger partial charge in [-0.2, -0.15) is 0 Å². The Kier molecular flexibility index (Phi) is 4.18. The van der Waals surface area contributed by atoms with E-state index in [4.69, 9.17) is 11.6 Å². The zero-order valence-electron chi connectivity index (χ0n) is 12.2. The van der Waals surface area contributed by atoms with Crippen LogP contribution in [0.25, 0.3) is 0 Å². The molecule has 0 radical (unpaired) electrons. The highest BCUT2D eigenvalue weighted by Gasteiger charge is 2.41.